The van der Waals surface area contributed by atoms with Crippen molar-refractivity contribution in [3.8, 4) is 0 Å². The Morgan fingerprint density at radius 3 is 2.60 bits per heavy atom. The number of rotatable bonds is 3. The molecule has 2 rings (SSSR count). The number of aryl methyl sites for hydroxylation is 1. The van der Waals surface area contributed by atoms with E-state index in [0.29, 0.717) is 25.2 Å². The second-order valence-corrected chi connectivity index (χ2v) is 7.59. The lowest BCUT2D eigenvalue weighted by molar-refractivity contribution is -0.384. The standard InChI is InChI=1S/C18H25N3O4/c1-12-7-8-14(21(24)25)10-15(12)19-16(22)13-6-5-9-20(11-13)17(23)18(2,3)4/h7-8,10,13H,5-6,9,11H2,1-4H3,(H,19,22). The summed E-state index contributed by atoms with van der Waals surface area (Å²) in [5.41, 5.74) is 0.666. The van der Waals surface area contributed by atoms with E-state index in [9.17, 15) is 19.7 Å². The van der Waals surface area contributed by atoms with Gasteiger partial charge in [0.1, 0.15) is 0 Å². The van der Waals surface area contributed by atoms with Gasteiger partial charge in [0, 0.05) is 30.6 Å². The first kappa shape index (κ1) is 18.9. The van der Waals surface area contributed by atoms with Crippen molar-refractivity contribution in [1.29, 1.82) is 0 Å². The minimum atomic E-state index is -0.487. The molecule has 1 atom stereocenters. The van der Waals surface area contributed by atoms with Crippen LogP contribution in [0.1, 0.15) is 39.2 Å². The molecule has 136 valence electrons. The number of hydrogen-bond donors (Lipinski definition) is 1. The molecule has 1 aliphatic rings. The van der Waals surface area contributed by atoms with Crippen molar-refractivity contribution in [3.63, 3.8) is 0 Å². The first-order chi connectivity index (χ1) is 11.6. The van der Waals surface area contributed by atoms with E-state index >= 15 is 0 Å². The van der Waals surface area contributed by atoms with E-state index in [-0.39, 0.29) is 23.4 Å². The molecule has 1 fully saturated rings. The molecule has 0 aliphatic carbocycles. The second-order valence-electron chi connectivity index (χ2n) is 7.59. The minimum absolute atomic E-state index is 0.0385. The van der Waals surface area contributed by atoms with E-state index in [1.807, 2.05) is 20.8 Å². The molecule has 1 unspecified atom stereocenters. The van der Waals surface area contributed by atoms with E-state index < -0.39 is 10.3 Å². The zero-order valence-corrected chi connectivity index (χ0v) is 15.2. The molecule has 0 aromatic heterocycles. The van der Waals surface area contributed by atoms with Gasteiger partial charge in [0.15, 0.2) is 0 Å². The lowest BCUT2D eigenvalue weighted by Gasteiger charge is -2.35. The summed E-state index contributed by atoms with van der Waals surface area (Å²) in [4.78, 5) is 37.2. The molecule has 1 N–H and O–H groups in total. The molecule has 0 radical (unpaired) electrons. The van der Waals surface area contributed by atoms with Crippen LogP contribution in [0.5, 0.6) is 0 Å². The maximum Gasteiger partial charge on any atom is 0.271 e. The van der Waals surface area contributed by atoms with Gasteiger partial charge >= 0.3 is 0 Å². The van der Waals surface area contributed by atoms with Gasteiger partial charge in [-0.2, -0.15) is 0 Å². The molecule has 0 saturated carbocycles. The molecule has 1 aromatic rings. The summed E-state index contributed by atoms with van der Waals surface area (Å²) in [6.45, 7) is 8.43. The summed E-state index contributed by atoms with van der Waals surface area (Å²) in [7, 11) is 0. The van der Waals surface area contributed by atoms with Gasteiger partial charge in [-0.1, -0.05) is 26.8 Å². The monoisotopic (exact) mass is 347 g/mol. The fourth-order valence-electron chi connectivity index (χ4n) is 2.94. The van der Waals surface area contributed by atoms with E-state index in [1.54, 1.807) is 17.9 Å². The number of piperidine rings is 1. The average Bonchev–Trinajstić information content (AvgIpc) is 2.55. The third-order valence-electron chi connectivity index (χ3n) is 4.41. The lowest BCUT2D eigenvalue weighted by atomic mass is 9.91. The Bertz CT molecular complexity index is 694. The fraction of sp³-hybridized carbons (Fsp3) is 0.556. The Kier molecular flexibility index (Phi) is 5.45. The lowest BCUT2D eigenvalue weighted by Crippen LogP contribution is -2.47. The second kappa shape index (κ2) is 7.21. The van der Waals surface area contributed by atoms with Crippen LogP contribution < -0.4 is 5.32 Å². The van der Waals surface area contributed by atoms with Gasteiger partial charge in [-0.25, -0.2) is 0 Å². The minimum Gasteiger partial charge on any atom is -0.341 e. The summed E-state index contributed by atoms with van der Waals surface area (Å²) >= 11 is 0. The maximum atomic E-state index is 12.6. The van der Waals surface area contributed by atoms with Crippen LogP contribution in [0.2, 0.25) is 0 Å². The first-order valence-electron chi connectivity index (χ1n) is 8.45. The van der Waals surface area contributed by atoms with Crippen molar-refractivity contribution < 1.29 is 14.5 Å². The molecule has 7 nitrogen and oxygen atoms in total. The number of nitro benzene ring substituents is 1. The smallest absolute Gasteiger partial charge is 0.271 e. The van der Waals surface area contributed by atoms with Crippen LogP contribution in [0.4, 0.5) is 11.4 Å². The van der Waals surface area contributed by atoms with Crippen molar-refractivity contribution in [2.45, 2.75) is 40.5 Å². The molecule has 1 heterocycles. The number of nitro groups is 1. The van der Waals surface area contributed by atoms with Gasteiger partial charge < -0.3 is 10.2 Å². The van der Waals surface area contributed by atoms with Crippen molar-refractivity contribution >= 4 is 23.2 Å². The number of carbonyl (C=O) groups is 2. The van der Waals surface area contributed by atoms with E-state index in [4.69, 9.17) is 0 Å². The highest BCUT2D eigenvalue weighted by atomic mass is 16.6. The van der Waals surface area contributed by atoms with Crippen LogP contribution in [0.15, 0.2) is 18.2 Å². The van der Waals surface area contributed by atoms with E-state index in [1.165, 1.54) is 12.1 Å². The third kappa shape index (κ3) is 4.55. The van der Waals surface area contributed by atoms with Crippen molar-refractivity contribution in [2.24, 2.45) is 11.3 Å². The summed E-state index contributed by atoms with van der Waals surface area (Å²) in [5, 5.41) is 13.7. The summed E-state index contributed by atoms with van der Waals surface area (Å²) in [6.07, 6.45) is 1.47. The van der Waals surface area contributed by atoms with Gasteiger partial charge in [-0.15, -0.1) is 0 Å². The number of non-ortho nitro benzene ring substituents is 1. The molecule has 2 amide bonds. The van der Waals surface area contributed by atoms with Crippen LogP contribution in [0.25, 0.3) is 0 Å². The summed E-state index contributed by atoms with van der Waals surface area (Å²) in [5.74, 6) is -0.467. The quantitative estimate of drug-likeness (QED) is 0.671. The van der Waals surface area contributed by atoms with Gasteiger partial charge in [0.05, 0.1) is 16.5 Å². The highest BCUT2D eigenvalue weighted by Crippen LogP contribution is 2.26. The Morgan fingerprint density at radius 1 is 1.32 bits per heavy atom. The molecular formula is C18H25N3O4. The van der Waals surface area contributed by atoms with E-state index in [2.05, 4.69) is 5.32 Å². The number of hydrogen-bond acceptors (Lipinski definition) is 4. The fourth-order valence-corrected chi connectivity index (χ4v) is 2.94. The van der Waals surface area contributed by atoms with Gasteiger partial charge in [-0.05, 0) is 25.3 Å². The Balaban J connectivity index is 2.09. The SMILES string of the molecule is Cc1ccc([N+](=O)[O-])cc1NC(=O)C1CCCN(C(=O)C(C)(C)C)C1. The number of benzene rings is 1. The summed E-state index contributed by atoms with van der Waals surface area (Å²) < 4.78 is 0. The Hall–Kier alpha value is -2.44. The van der Waals surface area contributed by atoms with Gasteiger partial charge in [0.2, 0.25) is 11.8 Å². The zero-order valence-electron chi connectivity index (χ0n) is 15.2. The van der Waals surface area contributed by atoms with Crippen LogP contribution >= 0.6 is 0 Å². The highest BCUT2D eigenvalue weighted by molar-refractivity contribution is 5.94. The molecular weight excluding hydrogens is 322 g/mol. The number of nitrogens with one attached hydrogen (secondary N) is 1. The summed E-state index contributed by atoms with van der Waals surface area (Å²) in [6, 6.07) is 4.40. The highest BCUT2D eigenvalue weighted by Gasteiger charge is 2.33. The van der Waals surface area contributed by atoms with Crippen LogP contribution in [-0.4, -0.2) is 34.7 Å². The first-order valence-corrected chi connectivity index (χ1v) is 8.45. The predicted octanol–water partition coefficient (Wildman–Crippen LogP) is 3.13. The third-order valence-corrected chi connectivity index (χ3v) is 4.41. The van der Waals surface area contributed by atoms with Crippen molar-refractivity contribution in [1.82, 2.24) is 4.90 Å². The van der Waals surface area contributed by atoms with Crippen molar-refractivity contribution in [2.75, 3.05) is 18.4 Å². The molecule has 1 saturated heterocycles. The Morgan fingerprint density at radius 2 is 2.00 bits per heavy atom. The topological polar surface area (TPSA) is 92.6 Å². The number of anilines is 1. The van der Waals surface area contributed by atoms with E-state index in [0.717, 1.165) is 12.0 Å². The molecule has 1 aliphatic heterocycles. The molecule has 1 aromatic carbocycles. The van der Waals surface area contributed by atoms with Gasteiger partial charge in [0.25, 0.3) is 5.69 Å². The molecule has 25 heavy (non-hydrogen) atoms. The molecule has 0 spiro atoms. The largest absolute Gasteiger partial charge is 0.341 e. The Labute approximate surface area is 147 Å². The van der Waals surface area contributed by atoms with Crippen LogP contribution in [-0.2, 0) is 9.59 Å². The normalized spacial score (nSPS) is 17.9. The van der Waals surface area contributed by atoms with Gasteiger partial charge in [-0.3, -0.25) is 19.7 Å². The van der Waals surface area contributed by atoms with Crippen molar-refractivity contribution in [3.05, 3.63) is 33.9 Å². The average molecular weight is 347 g/mol. The molecule has 7 heteroatoms. The number of amides is 2. The van der Waals surface area contributed by atoms with Crippen LogP contribution in [0, 0.1) is 28.4 Å². The number of carbonyl (C=O) groups excluding carboxylic acids is 2. The zero-order chi connectivity index (χ0) is 18.8. The maximum absolute atomic E-state index is 12.6. The predicted molar refractivity (Wildman–Crippen MR) is 95.2 cm³/mol. The molecule has 0 bridgehead atoms. The number of likely N-dealkylation sites (tertiary alicyclic amines) is 1. The number of nitrogens with zero attached hydrogens (tertiary/aromatic N) is 2. The van der Waals surface area contributed by atoms with Crippen LogP contribution in [0.3, 0.4) is 0 Å².